The fourth-order valence-electron chi connectivity index (χ4n) is 2.27. The first-order valence-corrected chi connectivity index (χ1v) is 7.08. The number of ether oxygens (including phenoxy) is 1. The molecule has 2 heterocycles. The van der Waals surface area contributed by atoms with E-state index in [0.29, 0.717) is 25.5 Å². The number of amides is 1. The van der Waals surface area contributed by atoms with Crippen molar-refractivity contribution in [3.8, 4) is 0 Å². The van der Waals surface area contributed by atoms with Crippen molar-refractivity contribution in [1.82, 2.24) is 14.9 Å². The van der Waals surface area contributed by atoms with Gasteiger partial charge in [-0.25, -0.2) is 14.8 Å². The van der Waals surface area contributed by atoms with Crippen LogP contribution in [0.15, 0.2) is 12.4 Å². The van der Waals surface area contributed by atoms with Crippen LogP contribution in [0.1, 0.15) is 27.7 Å². The van der Waals surface area contributed by atoms with Crippen LogP contribution in [0.3, 0.4) is 0 Å². The maximum atomic E-state index is 12.1. The van der Waals surface area contributed by atoms with E-state index in [0.717, 1.165) is 5.82 Å². The zero-order valence-electron chi connectivity index (χ0n) is 13.0. The summed E-state index contributed by atoms with van der Waals surface area (Å²) in [6, 6.07) is 0.143. The monoisotopic (exact) mass is 293 g/mol. The zero-order valence-corrected chi connectivity index (χ0v) is 13.0. The molecule has 1 unspecified atom stereocenters. The van der Waals surface area contributed by atoms with Gasteiger partial charge < -0.3 is 20.3 Å². The Balaban J connectivity index is 1.99. The van der Waals surface area contributed by atoms with Gasteiger partial charge in [-0.3, -0.25) is 0 Å². The van der Waals surface area contributed by atoms with Crippen LogP contribution < -0.4 is 10.6 Å². The van der Waals surface area contributed by atoms with Gasteiger partial charge in [-0.05, 0) is 27.7 Å². The molecule has 0 spiro atoms. The van der Waals surface area contributed by atoms with Crippen LogP contribution in [0.5, 0.6) is 0 Å². The molecule has 2 N–H and O–H groups in total. The average Bonchev–Trinajstić information content (AvgIpc) is 2.38. The summed E-state index contributed by atoms with van der Waals surface area (Å²) in [5.41, 5.74) is 5.08. The molecule has 1 saturated heterocycles. The summed E-state index contributed by atoms with van der Waals surface area (Å²) in [6.07, 6.45) is 2.94. The van der Waals surface area contributed by atoms with Crippen LogP contribution >= 0.6 is 0 Å². The second-order valence-corrected chi connectivity index (χ2v) is 6.27. The lowest BCUT2D eigenvalue weighted by atomic mass is 10.2. The van der Waals surface area contributed by atoms with Crippen LogP contribution in [0, 0.1) is 0 Å². The maximum Gasteiger partial charge on any atom is 0.410 e. The van der Waals surface area contributed by atoms with Gasteiger partial charge in [0.15, 0.2) is 0 Å². The number of aromatic nitrogens is 2. The number of rotatable bonds is 1. The van der Waals surface area contributed by atoms with E-state index in [1.54, 1.807) is 17.3 Å². The van der Waals surface area contributed by atoms with Crippen LogP contribution in [0.2, 0.25) is 0 Å². The highest BCUT2D eigenvalue weighted by atomic mass is 16.6. The van der Waals surface area contributed by atoms with Gasteiger partial charge in [-0.1, -0.05) is 0 Å². The number of carbonyl (C=O) groups excluding carboxylic acids is 1. The summed E-state index contributed by atoms with van der Waals surface area (Å²) in [5, 5.41) is 0. The molecule has 0 aliphatic carbocycles. The van der Waals surface area contributed by atoms with E-state index in [2.05, 4.69) is 21.8 Å². The fourth-order valence-corrected chi connectivity index (χ4v) is 2.27. The van der Waals surface area contributed by atoms with E-state index in [4.69, 9.17) is 10.5 Å². The molecule has 1 amide bonds. The van der Waals surface area contributed by atoms with Gasteiger partial charge >= 0.3 is 6.09 Å². The Bertz CT molecular complexity index is 497. The second-order valence-electron chi connectivity index (χ2n) is 6.27. The van der Waals surface area contributed by atoms with Crippen LogP contribution in [-0.4, -0.2) is 52.2 Å². The lowest BCUT2D eigenvalue weighted by Gasteiger charge is -2.40. The highest BCUT2D eigenvalue weighted by molar-refractivity contribution is 5.68. The van der Waals surface area contributed by atoms with Crippen molar-refractivity contribution < 1.29 is 9.53 Å². The molecular weight excluding hydrogens is 270 g/mol. The Morgan fingerprint density at radius 2 is 2.05 bits per heavy atom. The van der Waals surface area contributed by atoms with Crippen LogP contribution in [-0.2, 0) is 4.74 Å². The molecule has 7 nitrogen and oxygen atoms in total. The predicted molar refractivity (Wildman–Crippen MR) is 81.1 cm³/mol. The topological polar surface area (TPSA) is 84.6 Å². The third kappa shape index (κ3) is 3.96. The molecule has 1 aromatic rings. The Kier molecular flexibility index (Phi) is 4.20. The van der Waals surface area contributed by atoms with Crippen molar-refractivity contribution in [1.29, 1.82) is 0 Å². The number of nitrogen functional groups attached to an aromatic ring is 1. The molecule has 0 radical (unpaired) electrons. The van der Waals surface area contributed by atoms with Gasteiger partial charge in [-0.2, -0.15) is 0 Å². The largest absolute Gasteiger partial charge is 0.444 e. The van der Waals surface area contributed by atoms with Gasteiger partial charge in [0.25, 0.3) is 0 Å². The lowest BCUT2D eigenvalue weighted by Crippen LogP contribution is -2.54. The molecular formula is C14H23N5O2. The van der Waals surface area contributed by atoms with Crippen LogP contribution in [0.4, 0.5) is 16.4 Å². The average molecular weight is 293 g/mol. The number of nitrogens with two attached hydrogens (primary N) is 1. The van der Waals surface area contributed by atoms with Crippen molar-refractivity contribution in [3.63, 3.8) is 0 Å². The van der Waals surface area contributed by atoms with Crippen molar-refractivity contribution in [3.05, 3.63) is 12.4 Å². The van der Waals surface area contributed by atoms with Gasteiger partial charge in [0.1, 0.15) is 17.2 Å². The summed E-state index contributed by atoms with van der Waals surface area (Å²) in [6.45, 7) is 9.55. The number of hydrogen-bond acceptors (Lipinski definition) is 6. The minimum absolute atomic E-state index is 0.143. The Labute approximate surface area is 125 Å². The molecule has 0 bridgehead atoms. The van der Waals surface area contributed by atoms with E-state index in [1.165, 1.54) is 0 Å². The van der Waals surface area contributed by atoms with Gasteiger partial charge in [0.05, 0.1) is 12.4 Å². The predicted octanol–water partition coefficient (Wildman–Crippen LogP) is 1.50. The molecule has 1 fully saturated rings. The van der Waals surface area contributed by atoms with Crippen molar-refractivity contribution in [2.24, 2.45) is 0 Å². The highest BCUT2D eigenvalue weighted by Gasteiger charge is 2.30. The van der Waals surface area contributed by atoms with E-state index >= 15 is 0 Å². The molecule has 7 heteroatoms. The Morgan fingerprint density at radius 1 is 1.33 bits per heavy atom. The minimum atomic E-state index is -0.472. The number of anilines is 2. The maximum absolute atomic E-state index is 12.1. The molecule has 1 aliphatic rings. The fraction of sp³-hybridized carbons (Fsp3) is 0.643. The van der Waals surface area contributed by atoms with E-state index < -0.39 is 5.60 Å². The summed E-state index contributed by atoms with van der Waals surface area (Å²) < 4.78 is 5.41. The normalized spacial score (nSPS) is 19.5. The molecule has 0 saturated carbocycles. The molecule has 116 valence electrons. The Morgan fingerprint density at radius 3 is 2.57 bits per heavy atom. The van der Waals surface area contributed by atoms with E-state index in [9.17, 15) is 4.79 Å². The van der Waals surface area contributed by atoms with Crippen molar-refractivity contribution >= 4 is 17.7 Å². The molecule has 1 aromatic heterocycles. The lowest BCUT2D eigenvalue weighted by molar-refractivity contribution is 0.0218. The summed E-state index contributed by atoms with van der Waals surface area (Å²) in [7, 11) is 0. The third-order valence-electron chi connectivity index (χ3n) is 3.23. The molecule has 2 rings (SSSR count). The smallest absolute Gasteiger partial charge is 0.410 e. The van der Waals surface area contributed by atoms with E-state index in [-0.39, 0.29) is 12.1 Å². The molecule has 0 aromatic carbocycles. The zero-order chi connectivity index (χ0) is 15.6. The number of hydrogen-bond donors (Lipinski definition) is 1. The number of nitrogens with zero attached hydrogens (tertiary/aromatic N) is 4. The first-order chi connectivity index (χ1) is 9.76. The highest BCUT2D eigenvalue weighted by Crippen LogP contribution is 2.19. The standard InChI is InChI=1S/C14H23N5O2/c1-10-9-18(13(20)21-14(2,3)4)5-6-19(10)12-8-16-11(15)7-17-12/h7-8,10H,5-6,9H2,1-4H3,(H2,15,16). The van der Waals surface area contributed by atoms with Gasteiger partial charge in [0, 0.05) is 25.7 Å². The minimum Gasteiger partial charge on any atom is -0.444 e. The molecule has 21 heavy (non-hydrogen) atoms. The Hall–Kier alpha value is -2.05. The summed E-state index contributed by atoms with van der Waals surface area (Å²) in [5.74, 6) is 1.18. The van der Waals surface area contributed by atoms with Crippen molar-refractivity contribution in [2.45, 2.75) is 39.3 Å². The molecule has 1 aliphatic heterocycles. The van der Waals surface area contributed by atoms with Crippen molar-refractivity contribution in [2.75, 3.05) is 30.3 Å². The first kappa shape index (κ1) is 15.3. The third-order valence-corrected chi connectivity index (χ3v) is 3.23. The number of carbonyl (C=O) groups is 1. The van der Waals surface area contributed by atoms with Gasteiger partial charge in [-0.15, -0.1) is 0 Å². The van der Waals surface area contributed by atoms with Gasteiger partial charge in [0.2, 0.25) is 0 Å². The quantitative estimate of drug-likeness (QED) is 0.844. The SMILES string of the molecule is CC1CN(C(=O)OC(C)(C)C)CCN1c1cnc(N)cn1. The number of piperazine rings is 1. The van der Waals surface area contributed by atoms with Crippen LogP contribution in [0.25, 0.3) is 0 Å². The second kappa shape index (κ2) is 5.75. The summed E-state index contributed by atoms with van der Waals surface area (Å²) >= 11 is 0. The molecule has 1 atom stereocenters. The first-order valence-electron chi connectivity index (χ1n) is 7.08. The van der Waals surface area contributed by atoms with E-state index in [1.807, 2.05) is 20.8 Å². The summed E-state index contributed by atoms with van der Waals surface area (Å²) in [4.78, 5) is 24.3.